The van der Waals surface area contributed by atoms with Crippen molar-refractivity contribution in [2.45, 2.75) is 26.9 Å². The molecule has 0 unspecified atom stereocenters. The molecule has 1 aromatic carbocycles. The van der Waals surface area contributed by atoms with Gasteiger partial charge in [-0.3, -0.25) is 0 Å². The fourth-order valence-corrected chi connectivity index (χ4v) is 2.86. The lowest BCUT2D eigenvalue weighted by atomic mass is 10.1. The number of ether oxygens (including phenoxy) is 3. The fourth-order valence-electron chi connectivity index (χ4n) is 2.86. The van der Waals surface area contributed by atoms with Crippen molar-refractivity contribution in [3.05, 3.63) is 47.8 Å². The molecule has 3 aromatic rings. The highest BCUT2D eigenvalue weighted by molar-refractivity contribution is 6.05. The standard InChI is InChI=1S/C20H19N3O4.ClH/c1-11(2)27-20(24)15-9-21-19-14(6-4-12(3)22-19)18(15)23-13-5-7-16-17(8-13)26-10-25-16;/h4-9,11H,10H2,1-3H3,(H,21,22,23);1H. The summed E-state index contributed by atoms with van der Waals surface area (Å²) in [5.74, 6) is 0.902. The Labute approximate surface area is 168 Å². The predicted octanol–water partition coefficient (Wildman–Crippen LogP) is 4.40. The van der Waals surface area contributed by atoms with E-state index in [1.807, 2.05) is 51.1 Å². The summed E-state index contributed by atoms with van der Waals surface area (Å²) in [5, 5.41) is 4.04. The lowest BCUT2D eigenvalue weighted by Crippen LogP contribution is -2.14. The Bertz CT molecular complexity index is 1040. The maximum Gasteiger partial charge on any atom is 0.342 e. The van der Waals surface area contributed by atoms with Crippen LogP contribution in [0.25, 0.3) is 11.0 Å². The van der Waals surface area contributed by atoms with Crippen LogP contribution in [0.2, 0.25) is 0 Å². The van der Waals surface area contributed by atoms with Crippen molar-refractivity contribution in [3.8, 4) is 11.5 Å². The number of aryl methyl sites for hydroxylation is 1. The van der Waals surface area contributed by atoms with Crippen LogP contribution >= 0.6 is 12.4 Å². The Morgan fingerprint density at radius 2 is 1.96 bits per heavy atom. The Hall–Kier alpha value is -3.06. The number of carbonyl (C=O) groups is 1. The highest BCUT2D eigenvalue weighted by Gasteiger charge is 2.20. The quantitative estimate of drug-likeness (QED) is 0.649. The third-order valence-electron chi connectivity index (χ3n) is 4.07. The van der Waals surface area contributed by atoms with Crippen LogP contribution in [0.15, 0.2) is 36.5 Å². The molecule has 3 heterocycles. The van der Waals surface area contributed by atoms with Gasteiger partial charge in [0, 0.05) is 29.0 Å². The van der Waals surface area contributed by atoms with Crippen LogP contribution in [0.4, 0.5) is 11.4 Å². The molecule has 0 amide bonds. The van der Waals surface area contributed by atoms with E-state index in [0.717, 1.165) is 16.8 Å². The van der Waals surface area contributed by atoms with E-state index >= 15 is 0 Å². The lowest BCUT2D eigenvalue weighted by Gasteiger charge is -2.15. The second kappa shape index (κ2) is 7.90. The van der Waals surface area contributed by atoms with E-state index in [-0.39, 0.29) is 25.3 Å². The molecular formula is C20H20ClN3O4. The van der Waals surface area contributed by atoms with Gasteiger partial charge in [-0.25, -0.2) is 14.8 Å². The number of aromatic nitrogens is 2. The number of anilines is 2. The number of benzene rings is 1. The Kier molecular flexibility index (Phi) is 5.56. The van der Waals surface area contributed by atoms with Crippen LogP contribution in [-0.4, -0.2) is 28.8 Å². The fraction of sp³-hybridized carbons (Fsp3) is 0.250. The second-order valence-electron chi connectivity index (χ2n) is 6.52. The number of nitrogens with zero attached hydrogens (tertiary/aromatic N) is 2. The topological polar surface area (TPSA) is 82.6 Å². The molecule has 2 aromatic heterocycles. The van der Waals surface area contributed by atoms with Crippen molar-refractivity contribution in [2.24, 2.45) is 0 Å². The van der Waals surface area contributed by atoms with E-state index in [2.05, 4.69) is 15.3 Å². The molecule has 8 heteroatoms. The molecule has 4 rings (SSSR count). The minimum atomic E-state index is -0.441. The molecule has 0 radical (unpaired) electrons. The molecule has 7 nitrogen and oxygen atoms in total. The van der Waals surface area contributed by atoms with Gasteiger partial charge in [0.15, 0.2) is 17.1 Å². The minimum Gasteiger partial charge on any atom is -0.459 e. The van der Waals surface area contributed by atoms with E-state index in [4.69, 9.17) is 14.2 Å². The Morgan fingerprint density at radius 3 is 2.75 bits per heavy atom. The molecule has 0 bridgehead atoms. The van der Waals surface area contributed by atoms with Gasteiger partial charge < -0.3 is 19.5 Å². The summed E-state index contributed by atoms with van der Waals surface area (Å²) in [6, 6.07) is 9.29. The molecule has 0 spiro atoms. The molecule has 1 aliphatic rings. The van der Waals surface area contributed by atoms with Gasteiger partial charge in [-0.2, -0.15) is 0 Å². The van der Waals surface area contributed by atoms with Crippen LogP contribution in [0, 0.1) is 6.92 Å². The summed E-state index contributed by atoms with van der Waals surface area (Å²) in [6.07, 6.45) is 1.26. The zero-order valence-electron chi connectivity index (χ0n) is 15.7. The third kappa shape index (κ3) is 3.80. The van der Waals surface area contributed by atoms with E-state index < -0.39 is 5.97 Å². The molecular weight excluding hydrogens is 382 g/mol. The Morgan fingerprint density at radius 1 is 1.18 bits per heavy atom. The molecule has 0 saturated heterocycles. The molecule has 0 aliphatic carbocycles. The van der Waals surface area contributed by atoms with Crippen LogP contribution in [-0.2, 0) is 4.74 Å². The Balaban J connectivity index is 0.00000225. The average Bonchev–Trinajstić information content (AvgIpc) is 3.08. The summed E-state index contributed by atoms with van der Waals surface area (Å²) in [6.45, 7) is 5.71. The number of hydrogen-bond donors (Lipinski definition) is 1. The molecule has 0 fully saturated rings. The number of halogens is 1. The highest BCUT2D eigenvalue weighted by atomic mass is 35.5. The zero-order chi connectivity index (χ0) is 19.0. The van der Waals surface area contributed by atoms with E-state index in [0.29, 0.717) is 28.4 Å². The van der Waals surface area contributed by atoms with Gasteiger partial charge in [0.25, 0.3) is 0 Å². The SMILES string of the molecule is Cc1ccc2c(Nc3ccc4c(c3)OCO4)c(C(=O)OC(C)C)cnc2n1.Cl. The normalized spacial score (nSPS) is 12.0. The minimum absolute atomic E-state index is 0. The monoisotopic (exact) mass is 401 g/mol. The number of rotatable bonds is 4. The van der Waals surface area contributed by atoms with Gasteiger partial charge in [0.05, 0.1) is 11.8 Å². The van der Waals surface area contributed by atoms with E-state index in [9.17, 15) is 4.79 Å². The summed E-state index contributed by atoms with van der Waals surface area (Å²) in [4.78, 5) is 21.4. The van der Waals surface area contributed by atoms with Gasteiger partial charge in [-0.05, 0) is 45.0 Å². The third-order valence-corrected chi connectivity index (χ3v) is 4.07. The predicted molar refractivity (Wildman–Crippen MR) is 108 cm³/mol. The number of hydrogen-bond acceptors (Lipinski definition) is 7. The lowest BCUT2D eigenvalue weighted by molar-refractivity contribution is 0.0379. The van der Waals surface area contributed by atoms with Crippen LogP contribution in [0.5, 0.6) is 11.5 Å². The first-order chi connectivity index (χ1) is 13.0. The number of nitrogens with one attached hydrogen (secondary N) is 1. The summed E-state index contributed by atoms with van der Waals surface area (Å²) < 4.78 is 16.2. The number of fused-ring (bicyclic) bond motifs is 2. The van der Waals surface area contributed by atoms with Gasteiger partial charge in [-0.15, -0.1) is 12.4 Å². The van der Waals surface area contributed by atoms with Crippen molar-refractivity contribution in [2.75, 3.05) is 12.1 Å². The van der Waals surface area contributed by atoms with Crippen LogP contribution in [0.3, 0.4) is 0 Å². The molecule has 28 heavy (non-hydrogen) atoms. The highest BCUT2D eigenvalue weighted by Crippen LogP contribution is 2.36. The number of pyridine rings is 2. The van der Waals surface area contributed by atoms with Gasteiger partial charge in [-0.1, -0.05) is 0 Å². The van der Waals surface area contributed by atoms with E-state index in [1.165, 1.54) is 6.20 Å². The van der Waals surface area contributed by atoms with Gasteiger partial charge >= 0.3 is 5.97 Å². The van der Waals surface area contributed by atoms with Gasteiger partial charge in [0.1, 0.15) is 5.56 Å². The van der Waals surface area contributed by atoms with E-state index in [1.54, 1.807) is 0 Å². The summed E-state index contributed by atoms with van der Waals surface area (Å²) in [7, 11) is 0. The zero-order valence-corrected chi connectivity index (χ0v) is 16.5. The molecule has 0 atom stereocenters. The second-order valence-corrected chi connectivity index (χ2v) is 6.52. The average molecular weight is 402 g/mol. The molecule has 0 saturated carbocycles. The van der Waals surface area contributed by atoms with Crippen molar-refractivity contribution >= 4 is 40.8 Å². The van der Waals surface area contributed by atoms with Crippen molar-refractivity contribution < 1.29 is 19.0 Å². The first kappa shape index (κ1) is 19.7. The molecule has 146 valence electrons. The first-order valence-corrected chi connectivity index (χ1v) is 8.65. The molecule has 1 N–H and O–H groups in total. The number of carbonyl (C=O) groups excluding carboxylic acids is 1. The largest absolute Gasteiger partial charge is 0.459 e. The van der Waals surface area contributed by atoms with Crippen molar-refractivity contribution in [1.82, 2.24) is 9.97 Å². The molecule has 1 aliphatic heterocycles. The number of esters is 1. The van der Waals surface area contributed by atoms with Crippen molar-refractivity contribution in [3.63, 3.8) is 0 Å². The van der Waals surface area contributed by atoms with Crippen LogP contribution < -0.4 is 14.8 Å². The maximum absolute atomic E-state index is 12.6. The summed E-state index contributed by atoms with van der Waals surface area (Å²) >= 11 is 0. The summed E-state index contributed by atoms with van der Waals surface area (Å²) in [5.41, 5.74) is 3.10. The first-order valence-electron chi connectivity index (χ1n) is 8.65. The van der Waals surface area contributed by atoms with Crippen molar-refractivity contribution in [1.29, 1.82) is 0 Å². The van der Waals surface area contributed by atoms with Gasteiger partial charge in [0.2, 0.25) is 6.79 Å². The maximum atomic E-state index is 12.6. The van der Waals surface area contributed by atoms with Crippen LogP contribution in [0.1, 0.15) is 29.9 Å². The smallest absolute Gasteiger partial charge is 0.342 e.